The van der Waals surface area contributed by atoms with Gasteiger partial charge in [0.25, 0.3) is 0 Å². The van der Waals surface area contributed by atoms with Crippen molar-refractivity contribution < 1.29 is 14.2 Å². The molecule has 1 aromatic heterocycles. The fourth-order valence-electron chi connectivity index (χ4n) is 3.19. The average molecular weight is 433 g/mol. The number of guanidine groups is 1. The van der Waals surface area contributed by atoms with Crippen LogP contribution in [0.15, 0.2) is 34.6 Å². The molecule has 1 fully saturated rings. The second-order valence-corrected chi connectivity index (χ2v) is 8.07. The van der Waals surface area contributed by atoms with Crippen molar-refractivity contribution in [2.75, 3.05) is 47.1 Å². The van der Waals surface area contributed by atoms with Crippen LogP contribution in [0.25, 0.3) is 10.6 Å². The molecule has 0 spiro atoms. The van der Waals surface area contributed by atoms with Gasteiger partial charge in [0.2, 0.25) is 0 Å². The number of ether oxygens (including phenoxy) is 3. The van der Waals surface area contributed by atoms with E-state index in [0.29, 0.717) is 12.5 Å². The summed E-state index contributed by atoms with van der Waals surface area (Å²) in [6.45, 7) is 4.81. The maximum atomic E-state index is 5.80. The van der Waals surface area contributed by atoms with Crippen molar-refractivity contribution >= 4 is 17.3 Å². The van der Waals surface area contributed by atoms with Gasteiger partial charge in [-0.05, 0) is 49.4 Å². The van der Waals surface area contributed by atoms with E-state index < -0.39 is 0 Å². The second kappa shape index (κ2) is 12.5. The first-order valence-corrected chi connectivity index (χ1v) is 11.4. The molecule has 8 heteroatoms. The van der Waals surface area contributed by atoms with Gasteiger partial charge in [-0.15, -0.1) is 11.3 Å². The van der Waals surface area contributed by atoms with Crippen molar-refractivity contribution in [3.8, 4) is 16.3 Å². The van der Waals surface area contributed by atoms with E-state index in [1.165, 1.54) is 0 Å². The van der Waals surface area contributed by atoms with Gasteiger partial charge in [0.05, 0.1) is 19.3 Å². The lowest BCUT2D eigenvalue weighted by Crippen LogP contribution is -2.37. The molecule has 1 aliphatic heterocycles. The Balaban J connectivity index is 1.32. The van der Waals surface area contributed by atoms with E-state index in [2.05, 4.69) is 21.0 Å². The van der Waals surface area contributed by atoms with E-state index in [-0.39, 0.29) is 0 Å². The van der Waals surface area contributed by atoms with Gasteiger partial charge in [0.15, 0.2) is 5.96 Å². The first-order valence-electron chi connectivity index (χ1n) is 10.5. The number of hydrogen-bond donors (Lipinski definition) is 2. The predicted octanol–water partition coefficient (Wildman–Crippen LogP) is 3.32. The third-order valence-corrected chi connectivity index (χ3v) is 5.94. The highest BCUT2D eigenvalue weighted by molar-refractivity contribution is 7.13. The highest BCUT2D eigenvalue weighted by Gasteiger charge is 2.13. The maximum absolute atomic E-state index is 5.80. The van der Waals surface area contributed by atoms with Crippen LogP contribution in [0.5, 0.6) is 5.75 Å². The molecule has 0 saturated carbocycles. The van der Waals surface area contributed by atoms with Gasteiger partial charge in [0, 0.05) is 51.0 Å². The molecule has 0 radical (unpaired) electrons. The zero-order chi connectivity index (χ0) is 21.0. The number of aliphatic imine (C=N–C) groups is 1. The zero-order valence-electron chi connectivity index (χ0n) is 17.9. The molecule has 1 saturated heterocycles. The lowest BCUT2D eigenvalue weighted by atomic mass is 10.0. The van der Waals surface area contributed by atoms with Crippen LogP contribution in [-0.2, 0) is 16.0 Å². The first kappa shape index (κ1) is 22.5. The third kappa shape index (κ3) is 7.27. The van der Waals surface area contributed by atoms with Gasteiger partial charge in [-0.1, -0.05) is 0 Å². The Morgan fingerprint density at radius 2 is 2.03 bits per heavy atom. The zero-order valence-corrected chi connectivity index (χ0v) is 18.7. The molecule has 164 valence electrons. The van der Waals surface area contributed by atoms with E-state index in [1.807, 2.05) is 24.3 Å². The number of thiazole rings is 1. The van der Waals surface area contributed by atoms with Gasteiger partial charge in [-0.25, -0.2) is 4.98 Å². The Bertz CT molecular complexity index is 773. The first-order chi connectivity index (χ1) is 14.8. The number of rotatable bonds is 10. The minimum Gasteiger partial charge on any atom is -0.497 e. The summed E-state index contributed by atoms with van der Waals surface area (Å²) in [5.41, 5.74) is 2.09. The van der Waals surface area contributed by atoms with Crippen LogP contribution in [0.4, 0.5) is 0 Å². The van der Waals surface area contributed by atoms with Gasteiger partial charge < -0.3 is 24.8 Å². The van der Waals surface area contributed by atoms with Crippen LogP contribution in [-0.4, -0.2) is 58.1 Å². The number of hydrogen-bond acceptors (Lipinski definition) is 6. The molecule has 3 rings (SSSR count). The highest BCUT2D eigenvalue weighted by Crippen LogP contribution is 2.25. The summed E-state index contributed by atoms with van der Waals surface area (Å²) >= 11 is 1.64. The quantitative estimate of drug-likeness (QED) is 0.341. The van der Waals surface area contributed by atoms with Crippen LogP contribution in [0.2, 0.25) is 0 Å². The van der Waals surface area contributed by atoms with Crippen LogP contribution in [0.3, 0.4) is 0 Å². The molecule has 0 unspecified atom stereocenters. The largest absolute Gasteiger partial charge is 0.497 e. The molecule has 2 heterocycles. The summed E-state index contributed by atoms with van der Waals surface area (Å²) in [5, 5.41) is 9.72. The average Bonchev–Trinajstić information content (AvgIpc) is 3.28. The molecule has 30 heavy (non-hydrogen) atoms. The van der Waals surface area contributed by atoms with E-state index in [9.17, 15) is 0 Å². The number of aromatic nitrogens is 1. The number of nitrogens with zero attached hydrogens (tertiary/aromatic N) is 2. The van der Waals surface area contributed by atoms with Gasteiger partial charge >= 0.3 is 0 Å². The van der Waals surface area contributed by atoms with Gasteiger partial charge in [0.1, 0.15) is 10.8 Å². The van der Waals surface area contributed by atoms with Crippen molar-refractivity contribution in [3.05, 3.63) is 35.3 Å². The second-order valence-electron chi connectivity index (χ2n) is 7.21. The van der Waals surface area contributed by atoms with Crippen molar-refractivity contribution in [3.63, 3.8) is 0 Å². The summed E-state index contributed by atoms with van der Waals surface area (Å²) in [5.74, 6) is 2.28. The molecule has 0 atom stereocenters. The Kier molecular flexibility index (Phi) is 9.40. The number of methoxy groups -OCH3 is 1. The number of nitrogens with one attached hydrogen (secondary N) is 2. The van der Waals surface area contributed by atoms with Gasteiger partial charge in [-0.2, -0.15) is 0 Å². The van der Waals surface area contributed by atoms with Crippen LogP contribution >= 0.6 is 11.3 Å². The highest BCUT2D eigenvalue weighted by atomic mass is 32.1. The summed E-state index contributed by atoms with van der Waals surface area (Å²) in [7, 11) is 3.45. The molecule has 0 amide bonds. The van der Waals surface area contributed by atoms with Crippen LogP contribution in [0, 0.1) is 5.92 Å². The van der Waals surface area contributed by atoms with E-state index in [4.69, 9.17) is 19.2 Å². The minimum absolute atomic E-state index is 0.632. The van der Waals surface area contributed by atoms with E-state index in [1.54, 1.807) is 25.5 Å². The monoisotopic (exact) mass is 432 g/mol. The van der Waals surface area contributed by atoms with Crippen molar-refractivity contribution in [2.45, 2.75) is 25.8 Å². The molecule has 7 nitrogen and oxygen atoms in total. The molecule has 1 aromatic carbocycles. The Hall–Kier alpha value is -2.16. The van der Waals surface area contributed by atoms with Crippen LogP contribution in [0.1, 0.15) is 25.0 Å². The SMILES string of the molecule is CN=C(NCCCOCC1CCOCC1)NCc1csc(-c2ccc(OC)cc2)n1. The predicted molar refractivity (Wildman–Crippen MR) is 121 cm³/mol. The van der Waals surface area contributed by atoms with Gasteiger partial charge in [-0.3, -0.25) is 4.99 Å². The van der Waals surface area contributed by atoms with Crippen molar-refractivity contribution in [1.29, 1.82) is 0 Å². The van der Waals surface area contributed by atoms with E-state index >= 15 is 0 Å². The fraction of sp³-hybridized carbons (Fsp3) is 0.545. The maximum Gasteiger partial charge on any atom is 0.191 e. The topological polar surface area (TPSA) is 77.0 Å². The Morgan fingerprint density at radius 1 is 1.23 bits per heavy atom. The summed E-state index contributed by atoms with van der Waals surface area (Å²) < 4.78 is 16.4. The lowest BCUT2D eigenvalue weighted by Gasteiger charge is -2.21. The van der Waals surface area contributed by atoms with Crippen LogP contribution < -0.4 is 15.4 Å². The minimum atomic E-state index is 0.632. The molecule has 1 aliphatic rings. The van der Waals surface area contributed by atoms with E-state index in [0.717, 1.165) is 80.2 Å². The van der Waals surface area contributed by atoms with Crippen molar-refractivity contribution in [2.24, 2.45) is 10.9 Å². The number of benzene rings is 1. The third-order valence-electron chi connectivity index (χ3n) is 5.00. The van der Waals surface area contributed by atoms with Crippen molar-refractivity contribution in [1.82, 2.24) is 15.6 Å². The molecule has 2 aromatic rings. The molecular formula is C22H32N4O3S. The molecular weight excluding hydrogens is 400 g/mol. The summed E-state index contributed by atoms with van der Waals surface area (Å²) in [6.07, 6.45) is 3.18. The normalized spacial score (nSPS) is 15.2. The Labute approximate surface area is 182 Å². The summed E-state index contributed by atoms with van der Waals surface area (Å²) in [6, 6.07) is 7.96. The molecule has 0 aliphatic carbocycles. The standard InChI is InChI=1S/C22H32N4O3S/c1-23-22(24-10-3-11-29-15-17-8-12-28-13-9-17)25-14-19-16-30-21(26-19)18-4-6-20(27-2)7-5-18/h4-7,16-17H,3,8-15H2,1-2H3,(H2,23,24,25). The Morgan fingerprint density at radius 3 is 2.77 bits per heavy atom. The smallest absolute Gasteiger partial charge is 0.191 e. The summed E-state index contributed by atoms with van der Waals surface area (Å²) in [4.78, 5) is 8.99. The molecule has 0 bridgehead atoms. The lowest BCUT2D eigenvalue weighted by molar-refractivity contribution is 0.0203. The molecule has 2 N–H and O–H groups in total. The fourth-order valence-corrected chi connectivity index (χ4v) is 4.02.